The van der Waals surface area contributed by atoms with Gasteiger partial charge in [0.1, 0.15) is 0 Å². The zero-order valence-electron chi connectivity index (χ0n) is 14.5. The van der Waals surface area contributed by atoms with Crippen molar-refractivity contribution in [3.63, 3.8) is 0 Å². The molecule has 4 rings (SSSR count). The Bertz CT molecular complexity index is 938. The van der Waals surface area contributed by atoms with E-state index < -0.39 is 7.05 Å². The van der Waals surface area contributed by atoms with Crippen molar-refractivity contribution in [2.24, 2.45) is 4.74 Å². The topological polar surface area (TPSA) is 25.2 Å². The Morgan fingerprint density at radius 1 is 0.692 bits per heavy atom. The molecule has 1 heterocycles. The minimum Gasteiger partial charge on any atom is -0.225 e. The number of aryl methyl sites for hydroxylation is 1. The van der Waals surface area contributed by atoms with Crippen molar-refractivity contribution in [1.82, 2.24) is 4.98 Å². The van der Waals surface area contributed by atoms with Crippen LogP contribution in [0.2, 0.25) is 0 Å². The summed E-state index contributed by atoms with van der Waals surface area (Å²) in [5, 5.41) is 6.63. The Hall–Kier alpha value is -2.48. The second-order valence-electron chi connectivity index (χ2n) is 6.01. The molecule has 0 atom stereocenters. The number of nitrogens with zero attached hydrogens (tertiary/aromatic N) is 2. The third-order valence-electron chi connectivity index (χ3n) is 4.23. The number of benzene rings is 3. The lowest BCUT2D eigenvalue weighted by Crippen LogP contribution is -2.25. The molecule has 26 heavy (non-hydrogen) atoms. The Morgan fingerprint density at radius 3 is 1.46 bits per heavy atom. The molecule has 4 heteroatoms. The Balaban J connectivity index is 2.12. The standard InChI is InChI=1S/C22H19N2PS/c1-18-17-26-22(23-18)24-25(19-11-5-2-6-12-19,20-13-7-3-8-14-20)21-15-9-4-10-16-21/h2-17H,1H3. The maximum Gasteiger partial charge on any atom is 0.208 e. The molecule has 1 aromatic heterocycles. The van der Waals surface area contributed by atoms with Gasteiger partial charge in [0.15, 0.2) is 0 Å². The number of rotatable bonds is 4. The summed E-state index contributed by atoms with van der Waals surface area (Å²) in [5.41, 5.74) is 1.01. The molecule has 128 valence electrons. The minimum atomic E-state index is -2.19. The predicted molar refractivity (Wildman–Crippen MR) is 114 cm³/mol. The molecule has 4 aromatic rings. The molecular weight excluding hydrogens is 355 g/mol. The minimum absolute atomic E-state index is 0.840. The molecule has 0 aliphatic rings. The summed E-state index contributed by atoms with van der Waals surface area (Å²) < 4.78 is 5.34. The zero-order valence-corrected chi connectivity index (χ0v) is 16.2. The van der Waals surface area contributed by atoms with Crippen LogP contribution in [0.15, 0.2) is 101 Å². The lowest BCUT2D eigenvalue weighted by atomic mass is 10.4. The van der Waals surface area contributed by atoms with Gasteiger partial charge in [-0.1, -0.05) is 91.0 Å². The normalized spacial score (nSPS) is 11.3. The summed E-state index contributed by atoms with van der Waals surface area (Å²) in [6.07, 6.45) is 0. The van der Waals surface area contributed by atoms with Gasteiger partial charge in [-0.15, -0.1) is 11.3 Å². The predicted octanol–water partition coefficient (Wildman–Crippen LogP) is 5.26. The van der Waals surface area contributed by atoms with Crippen molar-refractivity contribution >= 4 is 39.4 Å². The molecule has 2 nitrogen and oxygen atoms in total. The van der Waals surface area contributed by atoms with E-state index in [0.29, 0.717) is 0 Å². The molecule has 0 amide bonds. The molecule has 0 aliphatic heterocycles. The van der Waals surface area contributed by atoms with Crippen molar-refractivity contribution < 1.29 is 0 Å². The van der Waals surface area contributed by atoms with Crippen molar-refractivity contribution in [1.29, 1.82) is 0 Å². The third kappa shape index (κ3) is 3.16. The van der Waals surface area contributed by atoms with Crippen LogP contribution < -0.4 is 15.9 Å². The molecule has 0 unspecified atom stereocenters. The molecule has 0 saturated heterocycles. The fraction of sp³-hybridized carbons (Fsp3) is 0.0455. The summed E-state index contributed by atoms with van der Waals surface area (Å²) in [6, 6.07) is 31.9. The van der Waals surface area contributed by atoms with E-state index in [4.69, 9.17) is 4.74 Å². The van der Waals surface area contributed by atoms with Crippen LogP contribution in [-0.2, 0) is 0 Å². The fourth-order valence-electron chi connectivity index (χ4n) is 3.07. The lowest BCUT2D eigenvalue weighted by molar-refractivity contribution is 1.25. The van der Waals surface area contributed by atoms with Gasteiger partial charge in [0, 0.05) is 21.3 Å². The van der Waals surface area contributed by atoms with Crippen LogP contribution in [0, 0.1) is 6.92 Å². The molecule has 0 spiro atoms. The van der Waals surface area contributed by atoms with E-state index in [9.17, 15) is 0 Å². The van der Waals surface area contributed by atoms with Gasteiger partial charge in [-0.2, -0.15) is 0 Å². The number of hydrogen-bond donors (Lipinski definition) is 0. The summed E-state index contributed by atoms with van der Waals surface area (Å²) >= 11 is 1.61. The van der Waals surface area contributed by atoms with Crippen LogP contribution in [0.5, 0.6) is 0 Å². The molecule has 0 radical (unpaired) electrons. The average Bonchev–Trinajstić information content (AvgIpc) is 3.13. The zero-order chi connectivity index (χ0) is 17.8. The first kappa shape index (κ1) is 17.0. The van der Waals surface area contributed by atoms with Gasteiger partial charge in [0.05, 0.1) is 12.7 Å². The smallest absolute Gasteiger partial charge is 0.208 e. The van der Waals surface area contributed by atoms with E-state index in [1.165, 1.54) is 15.9 Å². The van der Waals surface area contributed by atoms with Gasteiger partial charge in [0.2, 0.25) is 5.13 Å². The monoisotopic (exact) mass is 374 g/mol. The first-order chi connectivity index (χ1) is 12.8. The summed E-state index contributed by atoms with van der Waals surface area (Å²) in [4.78, 5) is 4.65. The van der Waals surface area contributed by atoms with Gasteiger partial charge in [0.25, 0.3) is 0 Å². The second kappa shape index (κ2) is 7.41. The van der Waals surface area contributed by atoms with Crippen LogP contribution in [0.3, 0.4) is 0 Å². The van der Waals surface area contributed by atoms with Crippen molar-refractivity contribution in [3.05, 3.63) is 102 Å². The van der Waals surface area contributed by atoms with E-state index in [-0.39, 0.29) is 0 Å². The third-order valence-corrected chi connectivity index (χ3v) is 8.85. The summed E-state index contributed by atoms with van der Waals surface area (Å²) in [5.74, 6) is 0. The van der Waals surface area contributed by atoms with E-state index in [2.05, 4.69) is 101 Å². The first-order valence-electron chi connectivity index (χ1n) is 8.50. The largest absolute Gasteiger partial charge is 0.225 e. The van der Waals surface area contributed by atoms with Crippen LogP contribution in [0.25, 0.3) is 0 Å². The molecule has 0 fully saturated rings. The second-order valence-corrected chi connectivity index (χ2v) is 9.87. The van der Waals surface area contributed by atoms with Crippen LogP contribution >= 0.6 is 18.4 Å². The highest BCUT2D eigenvalue weighted by molar-refractivity contribution is 7.87. The van der Waals surface area contributed by atoms with Crippen molar-refractivity contribution in [3.8, 4) is 0 Å². The van der Waals surface area contributed by atoms with Crippen LogP contribution in [0.1, 0.15) is 5.69 Å². The molecule has 0 N–H and O–H groups in total. The van der Waals surface area contributed by atoms with Crippen LogP contribution in [-0.4, -0.2) is 4.98 Å². The number of hydrogen-bond acceptors (Lipinski definition) is 3. The summed E-state index contributed by atoms with van der Waals surface area (Å²) in [7, 11) is -2.19. The molecule has 3 aromatic carbocycles. The number of thiazole rings is 1. The average molecular weight is 374 g/mol. The molecule has 0 saturated carbocycles. The maximum absolute atomic E-state index is 5.34. The first-order valence-corrected chi connectivity index (χ1v) is 11.1. The van der Waals surface area contributed by atoms with Gasteiger partial charge >= 0.3 is 0 Å². The van der Waals surface area contributed by atoms with Gasteiger partial charge in [-0.05, 0) is 6.92 Å². The fourth-order valence-corrected chi connectivity index (χ4v) is 7.50. The maximum atomic E-state index is 5.34. The Morgan fingerprint density at radius 2 is 1.12 bits per heavy atom. The Labute approximate surface area is 158 Å². The summed E-state index contributed by atoms with van der Waals surface area (Å²) in [6.45, 7) is 2.02. The lowest BCUT2D eigenvalue weighted by Gasteiger charge is -2.26. The Kier molecular flexibility index (Phi) is 4.83. The van der Waals surface area contributed by atoms with Crippen molar-refractivity contribution in [2.45, 2.75) is 6.92 Å². The van der Waals surface area contributed by atoms with E-state index in [0.717, 1.165) is 10.8 Å². The highest BCUT2D eigenvalue weighted by atomic mass is 32.1. The molecule has 0 bridgehead atoms. The van der Waals surface area contributed by atoms with Gasteiger partial charge in [-0.3, -0.25) is 0 Å². The van der Waals surface area contributed by atoms with E-state index in [1.54, 1.807) is 11.3 Å². The van der Waals surface area contributed by atoms with E-state index in [1.807, 2.05) is 6.92 Å². The number of aromatic nitrogens is 1. The molecule has 0 aliphatic carbocycles. The van der Waals surface area contributed by atoms with Crippen LogP contribution in [0.4, 0.5) is 5.13 Å². The van der Waals surface area contributed by atoms with Gasteiger partial charge in [-0.25, -0.2) is 9.73 Å². The molecular formula is C22H19N2PS. The van der Waals surface area contributed by atoms with Crippen molar-refractivity contribution in [2.75, 3.05) is 0 Å². The highest BCUT2D eigenvalue weighted by Gasteiger charge is 2.27. The quantitative estimate of drug-likeness (QED) is 0.447. The van der Waals surface area contributed by atoms with Gasteiger partial charge < -0.3 is 0 Å². The highest BCUT2D eigenvalue weighted by Crippen LogP contribution is 2.49. The van der Waals surface area contributed by atoms with E-state index >= 15 is 0 Å². The SMILES string of the molecule is Cc1csc(N=P(c2ccccc2)(c2ccccc2)c2ccccc2)n1.